The number of nitrogens with one attached hydrogen (secondary N) is 1. The third-order valence-electron chi connectivity index (χ3n) is 3.72. The summed E-state index contributed by atoms with van der Waals surface area (Å²) in [6.45, 7) is 4.51. The van der Waals surface area contributed by atoms with Crippen molar-refractivity contribution in [3.05, 3.63) is 23.8 Å². The highest BCUT2D eigenvalue weighted by Gasteiger charge is 2.25. The summed E-state index contributed by atoms with van der Waals surface area (Å²) < 4.78 is 10.7. The van der Waals surface area contributed by atoms with E-state index in [1.54, 1.807) is 0 Å². The maximum absolute atomic E-state index is 12.6. The average Bonchev–Trinajstić information content (AvgIpc) is 3.00. The van der Waals surface area contributed by atoms with Crippen molar-refractivity contribution in [3.63, 3.8) is 0 Å². The number of fused-ring (bicyclic) bond motifs is 1. The lowest BCUT2D eigenvalue weighted by atomic mass is 10.1. The van der Waals surface area contributed by atoms with Gasteiger partial charge in [-0.05, 0) is 24.6 Å². The first-order chi connectivity index (χ1) is 10.3. The molecule has 2 aliphatic rings. The normalized spacial score (nSPS) is 20.3. The number of hydrogen-bond donors (Lipinski definition) is 1. The van der Waals surface area contributed by atoms with Crippen LogP contribution in [-0.2, 0) is 11.3 Å². The number of benzene rings is 1. The van der Waals surface area contributed by atoms with Gasteiger partial charge in [0.1, 0.15) is 0 Å². The number of ether oxygens (including phenoxy) is 2. The molecule has 1 saturated heterocycles. The Hall–Kier alpha value is -1.40. The highest BCUT2D eigenvalue weighted by atomic mass is 32.2. The van der Waals surface area contributed by atoms with Crippen LogP contribution in [-0.4, -0.2) is 48.2 Å². The number of carbonyl (C=O) groups excluding carboxylic acids is 1. The van der Waals surface area contributed by atoms with Crippen molar-refractivity contribution in [3.8, 4) is 11.5 Å². The molecule has 2 aliphatic heterocycles. The minimum atomic E-state index is -0.0577. The lowest BCUT2D eigenvalue weighted by molar-refractivity contribution is -0.133. The lowest BCUT2D eigenvalue weighted by Crippen LogP contribution is -2.50. The van der Waals surface area contributed by atoms with Gasteiger partial charge in [-0.2, -0.15) is 11.8 Å². The molecule has 0 saturated carbocycles. The van der Waals surface area contributed by atoms with Gasteiger partial charge in [0.2, 0.25) is 12.7 Å². The summed E-state index contributed by atoms with van der Waals surface area (Å²) in [6.07, 6.45) is 0. The van der Waals surface area contributed by atoms with E-state index in [0.29, 0.717) is 13.1 Å². The Kier molecular flexibility index (Phi) is 4.55. The Morgan fingerprint density at radius 1 is 1.43 bits per heavy atom. The first-order valence-electron chi connectivity index (χ1n) is 7.26. The molecule has 3 rings (SSSR count). The molecule has 6 heteroatoms. The highest BCUT2D eigenvalue weighted by Crippen LogP contribution is 2.32. The van der Waals surface area contributed by atoms with Crippen LogP contribution in [0.15, 0.2) is 18.2 Å². The third-order valence-corrected chi connectivity index (χ3v) is 4.79. The Morgan fingerprint density at radius 2 is 2.29 bits per heavy atom. The smallest absolute Gasteiger partial charge is 0.240 e. The van der Waals surface area contributed by atoms with Gasteiger partial charge < -0.3 is 19.7 Å². The second-order valence-electron chi connectivity index (χ2n) is 5.12. The molecule has 1 aromatic rings. The fourth-order valence-corrected chi connectivity index (χ4v) is 3.47. The lowest BCUT2D eigenvalue weighted by Gasteiger charge is -2.29. The molecule has 0 spiro atoms. The van der Waals surface area contributed by atoms with Crippen molar-refractivity contribution in [2.75, 3.05) is 31.4 Å². The fourth-order valence-electron chi connectivity index (χ4n) is 2.55. The van der Waals surface area contributed by atoms with Gasteiger partial charge in [-0.15, -0.1) is 0 Å². The molecular formula is C15H20N2O3S. The van der Waals surface area contributed by atoms with E-state index in [9.17, 15) is 4.79 Å². The van der Waals surface area contributed by atoms with Gasteiger partial charge in [-0.3, -0.25) is 4.79 Å². The number of amides is 1. The maximum Gasteiger partial charge on any atom is 0.240 e. The number of thioether (sulfide) groups is 1. The SMILES string of the molecule is CCN(Cc1ccc2c(c1)OCO2)C(=O)C1CSCCN1. The fraction of sp³-hybridized carbons (Fsp3) is 0.533. The summed E-state index contributed by atoms with van der Waals surface area (Å²) in [5.74, 6) is 3.66. The molecule has 114 valence electrons. The molecule has 1 atom stereocenters. The van der Waals surface area contributed by atoms with Gasteiger partial charge >= 0.3 is 0 Å². The van der Waals surface area contributed by atoms with Gasteiger partial charge in [0.25, 0.3) is 0 Å². The molecule has 5 nitrogen and oxygen atoms in total. The molecule has 0 aromatic heterocycles. The van der Waals surface area contributed by atoms with Crippen LogP contribution in [0, 0.1) is 0 Å². The van der Waals surface area contributed by atoms with Crippen LogP contribution in [0.2, 0.25) is 0 Å². The van der Waals surface area contributed by atoms with Crippen molar-refractivity contribution >= 4 is 17.7 Å². The number of hydrogen-bond acceptors (Lipinski definition) is 5. The van der Waals surface area contributed by atoms with Crippen molar-refractivity contribution < 1.29 is 14.3 Å². The standard InChI is InChI=1S/C15H20N2O3S/c1-2-17(15(18)12-9-21-6-5-16-12)8-11-3-4-13-14(7-11)20-10-19-13/h3-4,7,12,16H,2,5-6,8-10H2,1H3. The topological polar surface area (TPSA) is 50.8 Å². The number of carbonyl (C=O) groups is 1. The summed E-state index contributed by atoms with van der Waals surface area (Å²) in [5, 5.41) is 3.30. The summed E-state index contributed by atoms with van der Waals surface area (Å²) in [7, 11) is 0. The molecule has 1 N–H and O–H groups in total. The number of rotatable bonds is 4. The predicted octanol–water partition coefficient (Wildman–Crippen LogP) is 1.47. The van der Waals surface area contributed by atoms with Crippen LogP contribution in [0.4, 0.5) is 0 Å². The molecule has 2 heterocycles. The van der Waals surface area contributed by atoms with Crippen LogP contribution < -0.4 is 14.8 Å². The van der Waals surface area contributed by atoms with Gasteiger partial charge in [0, 0.05) is 31.1 Å². The van der Waals surface area contributed by atoms with E-state index in [1.165, 1.54) is 0 Å². The van der Waals surface area contributed by atoms with E-state index in [0.717, 1.165) is 35.1 Å². The monoisotopic (exact) mass is 308 g/mol. The van der Waals surface area contributed by atoms with E-state index in [1.807, 2.05) is 41.8 Å². The number of nitrogens with zero attached hydrogens (tertiary/aromatic N) is 1. The van der Waals surface area contributed by atoms with E-state index in [2.05, 4.69) is 5.32 Å². The summed E-state index contributed by atoms with van der Waals surface area (Å²) >= 11 is 1.84. The Morgan fingerprint density at radius 3 is 3.05 bits per heavy atom. The number of likely N-dealkylation sites (N-methyl/N-ethyl adjacent to an activating group) is 1. The van der Waals surface area contributed by atoms with Crippen molar-refractivity contribution in [2.24, 2.45) is 0 Å². The zero-order valence-electron chi connectivity index (χ0n) is 12.1. The molecule has 1 aromatic carbocycles. The Balaban J connectivity index is 1.67. The van der Waals surface area contributed by atoms with E-state index in [4.69, 9.17) is 9.47 Å². The molecule has 1 unspecified atom stereocenters. The zero-order valence-corrected chi connectivity index (χ0v) is 12.9. The van der Waals surface area contributed by atoms with Gasteiger partial charge in [-0.25, -0.2) is 0 Å². The highest BCUT2D eigenvalue weighted by molar-refractivity contribution is 7.99. The minimum absolute atomic E-state index is 0.0577. The predicted molar refractivity (Wildman–Crippen MR) is 82.8 cm³/mol. The van der Waals surface area contributed by atoms with Gasteiger partial charge in [0.15, 0.2) is 11.5 Å². The summed E-state index contributed by atoms with van der Waals surface area (Å²) in [6, 6.07) is 5.80. The van der Waals surface area contributed by atoms with E-state index in [-0.39, 0.29) is 18.7 Å². The van der Waals surface area contributed by atoms with E-state index < -0.39 is 0 Å². The quantitative estimate of drug-likeness (QED) is 0.913. The Bertz CT molecular complexity index is 518. The minimum Gasteiger partial charge on any atom is -0.454 e. The van der Waals surface area contributed by atoms with Gasteiger partial charge in [-0.1, -0.05) is 6.07 Å². The molecule has 1 fully saturated rings. The molecule has 21 heavy (non-hydrogen) atoms. The van der Waals surface area contributed by atoms with Crippen molar-refractivity contribution in [1.82, 2.24) is 10.2 Å². The van der Waals surface area contributed by atoms with Crippen molar-refractivity contribution in [2.45, 2.75) is 19.5 Å². The average molecular weight is 308 g/mol. The Labute approximate surface area is 129 Å². The second kappa shape index (κ2) is 6.58. The molecule has 1 amide bonds. The first-order valence-corrected chi connectivity index (χ1v) is 8.42. The molecular weight excluding hydrogens is 288 g/mol. The first kappa shape index (κ1) is 14.5. The van der Waals surface area contributed by atoms with Crippen LogP contribution in [0.25, 0.3) is 0 Å². The second-order valence-corrected chi connectivity index (χ2v) is 6.27. The molecule has 0 aliphatic carbocycles. The largest absolute Gasteiger partial charge is 0.454 e. The summed E-state index contributed by atoms with van der Waals surface area (Å²) in [5.41, 5.74) is 1.07. The zero-order chi connectivity index (χ0) is 14.7. The van der Waals surface area contributed by atoms with E-state index >= 15 is 0 Å². The third kappa shape index (κ3) is 3.27. The van der Waals surface area contributed by atoms with Crippen molar-refractivity contribution in [1.29, 1.82) is 0 Å². The molecule has 0 radical (unpaired) electrons. The summed E-state index contributed by atoms with van der Waals surface area (Å²) in [4.78, 5) is 14.5. The van der Waals surface area contributed by atoms with Crippen LogP contribution >= 0.6 is 11.8 Å². The van der Waals surface area contributed by atoms with Crippen LogP contribution in [0.1, 0.15) is 12.5 Å². The van der Waals surface area contributed by atoms with Crippen LogP contribution in [0.5, 0.6) is 11.5 Å². The van der Waals surface area contributed by atoms with Gasteiger partial charge in [0.05, 0.1) is 6.04 Å². The maximum atomic E-state index is 12.6. The van der Waals surface area contributed by atoms with Crippen LogP contribution in [0.3, 0.4) is 0 Å². The molecule has 0 bridgehead atoms.